The van der Waals surface area contributed by atoms with E-state index >= 15 is 0 Å². The zero-order valence-corrected chi connectivity index (χ0v) is 16.0. The molecule has 0 saturated carbocycles. The Kier molecular flexibility index (Phi) is 7.32. The lowest BCUT2D eigenvalue weighted by Gasteiger charge is -2.12. The van der Waals surface area contributed by atoms with E-state index in [9.17, 15) is 35.2 Å². The number of nitrogens with one attached hydrogen (secondary N) is 2. The second-order valence-corrected chi connectivity index (χ2v) is 6.87. The molecule has 2 aromatic rings. The minimum Gasteiger partial charge on any atom is -0.467 e. The number of hydrogen-bond acceptors (Lipinski definition) is 9. The number of ether oxygens (including phenoxy) is 3. The molecule has 1 heterocycles. The average molecular weight is 473 g/mol. The van der Waals surface area contributed by atoms with Crippen LogP contribution in [0.5, 0.6) is 17.8 Å². The van der Waals surface area contributed by atoms with Crippen molar-refractivity contribution in [2.45, 2.75) is 17.7 Å². The van der Waals surface area contributed by atoms with Crippen LogP contribution in [0.25, 0.3) is 0 Å². The van der Waals surface area contributed by atoms with Crippen molar-refractivity contribution in [3.8, 4) is 17.8 Å². The average Bonchev–Trinajstić information content (AvgIpc) is 2.65. The Morgan fingerprint density at radius 1 is 1.13 bits per heavy atom. The van der Waals surface area contributed by atoms with Gasteiger partial charge < -0.3 is 14.2 Å². The minimum absolute atomic E-state index is 0.555. The summed E-state index contributed by atoms with van der Waals surface area (Å²) in [7, 11) is -3.66. The number of benzene rings is 1. The van der Waals surface area contributed by atoms with E-state index in [0.717, 1.165) is 19.2 Å². The van der Waals surface area contributed by atoms with E-state index in [2.05, 4.69) is 29.2 Å². The molecular formula is C14H12F5N5O6S. The van der Waals surface area contributed by atoms with Crippen molar-refractivity contribution in [2.24, 2.45) is 0 Å². The van der Waals surface area contributed by atoms with Crippen molar-refractivity contribution in [2.75, 3.05) is 19.0 Å². The number of urea groups is 1. The highest BCUT2D eigenvalue weighted by Gasteiger charge is 2.29. The zero-order valence-electron chi connectivity index (χ0n) is 15.2. The highest BCUT2D eigenvalue weighted by atomic mass is 32.2. The monoisotopic (exact) mass is 473 g/mol. The summed E-state index contributed by atoms with van der Waals surface area (Å²) in [6.07, 6.45) is -4.72. The predicted octanol–water partition coefficient (Wildman–Crippen LogP) is 1.93. The number of methoxy groups -OCH3 is 1. The van der Waals surface area contributed by atoms with Crippen molar-refractivity contribution in [1.82, 2.24) is 19.7 Å². The number of amides is 2. The van der Waals surface area contributed by atoms with Crippen molar-refractivity contribution in [1.29, 1.82) is 0 Å². The minimum atomic E-state index is -4.72. The van der Waals surface area contributed by atoms with Crippen LogP contribution < -0.4 is 24.2 Å². The zero-order chi connectivity index (χ0) is 23.2. The maximum atomic E-state index is 12.5. The second-order valence-electron chi connectivity index (χ2n) is 5.22. The van der Waals surface area contributed by atoms with Crippen LogP contribution in [0, 0.1) is 0 Å². The van der Waals surface area contributed by atoms with Gasteiger partial charge in [-0.2, -0.15) is 31.9 Å². The molecule has 0 saturated heterocycles. The number of hydrogen-bond donors (Lipinski definition) is 2. The molecule has 2 rings (SSSR count). The van der Waals surface area contributed by atoms with E-state index in [0.29, 0.717) is 0 Å². The van der Waals surface area contributed by atoms with Crippen LogP contribution in [0.4, 0.5) is 32.7 Å². The first-order chi connectivity index (χ1) is 14.4. The molecule has 2 N–H and O–H groups in total. The molecule has 0 radical (unpaired) electrons. The maximum Gasteiger partial charge on any atom is 0.422 e. The Morgan fingerprint density at radius 3 is 2.39 bits per heavy atom. The van der Waals surface area contributed by atoms with Gasteiger partial charge in [0, 0.05) is 0 Å². The number of nitrogens with zero attached hydrogens (tertiary/aromatic N) is 3. The molecule has 0 aliphatic rings. The quantitative estimate of drug-likeness (QED) is 0.550. The Bertz CT molecular complexity index is 1040. The smallest absolute Gasteiger partial charge is 0.422 e. The van der Waals surface area contributed by atoms with Gasteiger partial charge in [-0.1, -0.05) is 12.1 Å². The fourth-order valence-corrected chi connectivity index (χ4v) is 2.91. The van der Waals surface area contributed by atoms with Crippen LogP contribution in [-0.2, 0) is 10.0 Å². The second kappa shape index (κ2) is 9.54. The van der Waals surface area contributed by atoms with Crippen molar-refractivity contribution in [3.63, 3.8) is 0 Å². The topological polar surface area (TPSA) is 142 Å². The molecule has 0 atom stereocenters. The normalized spacial score (nSPS) is 11.7. The Hall–Kier alpha value is -3.50. The van der Waals surface area contributed by atoms with Crippen LogP contribution in [0.2, 0.25) is 0 Å². The molecule has 1 aromatic heterocycles. The van der Waals surface area contributed by atoms with Gasteiger partial charge >= 0.3 is 30.8 Å². The van der Waals surface area contributed by atoms with Gasteiger partial charge in [0.25, 0.3) is 10.0 Å². The lowest BCUT2D eigenvalue weighted by molar-refractivity contribution is -0.154. The number of rotatable bonds is 8. The number of para-hydroxylation sites is 1. The molecule has 0 unspecified atom stereocenters. The molecule has 1 aromatic carbocycles. The first-order valence-electron chi connectivity index (χ1n) is 7.77. The fraction of sp³-hybridized carbons (Fsp3) is 0.286. The Labute approximate surface area is 170 Å². The van der Waals surface area contributed by atoms with E-state index in [1.807, 2.05) is 5.32 Å². The maximum absolute atomic E-state index is 12.5. The molecular weight excluding hydrogens is 461 g/mol. The molecule has 0 aliphatic heterocycles. The van der Waals surface area contributed by atoms with Gasteiger partial charge in [0.15, 0.2) is 6.61 Å². The summed E-state index contributed by atoms with van der Waals surface area (Å²) in [4.78, 5) is 21.5. The van der Waals surface area contributed by atoms with Gasteiger partial charge in [0.05, 0.1) is 7.11 Å². The number of anilines is 1. The third-order valence-corrected chi connectivity index (χ3v) is 4.32. The lowest BCUT2D eigenvalue weighted by atomic mass is 10.3. The number of aromatic nitrogens is 3. The number of carbonyl (C=O) groups is 1. The first kappa shape index (κ1) is 23.8. The van der Waals surface area contributed by atoms with Crippen LogP contribution in [-0.4, -0.2) is 55.9 Å². The molecule has 0 fully saturated rings. The highest BCUT2D eigenvalue weighted by molar-refractivity contribution is 7.90. The molecule has 0 aliphatic carbocycles. The predicted molar refractivity (Wildman–Crippen MR) is 90.3 cm³/mol. The summed E-state index contributed by atoms with van der Waals surface area (Å²) < 4.78 is 101. The van der Waals surface area contributed by atoms with Gasteiger partial charge in [-0.3, -0.25) is 5.32 Å². The van der Waals surface area contributed by atoms with Gasteiger partial charge in [-0.05, 0) is 12.1 Å². The SMILES string of the molecule is COc1nc(NC(=O)NS(=O)(=O)c2ccccc2OC(F)F)nc(OCC(F)(F)F)n1. The van der Waals surface area contributed by atoms with Crippen molar-refractivity contribution < 1.29 is 49.4 Å². The van der Waals surface area contributed by atoms with Crippen molar-refractivity contribution in [3.05, 3.63) is 24.3 Å². The molecule has 170 valence electrons. The summed E-state index contributed by atoms with van der Waals surface area (Å²) in [6, 6.07) is 1.31. The number of halogens is 5. The molecule has 0 spiro atoms. The first-order valence-corrected chi connectivity index (χ1v) is 9.25. The molecule has 0 bridgehead atoms. The summed E-state index contributed by atoms with van der Waals surface area (Å²) in [6.45, 7) is -5.10. The van der Waals surface area contributed by atoms with E-state index < -0.39 is 64.1 Å². The standard InChI is InChI=1S/C14H12F5N5O6S/c1-28-12-21-10(22-13(23-12)29-6-14(17,18)19)20-11(25)24-31(26,27)8-5-3-2-4-7(8)30-9(15)16/h2-5,9H,6H2,1H3,(H2,20,21,22,23,24,25). The summed E-state index contributed by atoms with van der Waals surface area (Å²) in [5, 5.41) is 1.82. The van der Waals surface area contributed by atoms with E-state index in [-0.39, 0.29) is 0 Å². The number of alkyl halides is 5. The van der Waals surface area contributed by atoms with Gasteiger partial charge in [0.1, 0.15) is 10.6 Å². The molecule has 17 heteroatoms. The third kappa shape index (κ3) is 7.36. The molecule has 31 heavy (non-hydrogen) atoms. The van der Waals surface area contributed by atoms with Crippen LogP contribution in [0.3, 0.4) is 0 Å². The van der Waals surface area contributed by atoms with Gasteiger partial charge in [-0.25, -0.2) is 17.9 Å². The summed E-state index contributed by atoms with van der Waals surface area (Å²) >= 11 is 0. The molecule has 2 amide bonds. The van der Waals surface area contributed by atoms with Crippen LogP contribution >= 0.6 is 0 Å². The Morgan fingerprint density at radius 2 is 1.77 bits per heavy atom. The lowest BCUT2D eigenvalue weighted by Crippen LogP contribution is -2.35. The van der Waals surface area contributed by atoms with E-state index in [4.69, 9.17) is 0 Å². The molecule has 11 nitrogen and oxygen atoms in total. The summed E-state index contributed by atoms with van der Waals surface area (Å²) in [5.41, 5.74) is 0. The highest BCUT2D eigenvalue weighted by Crippen LogP contribution is 2.25. The number of sulfonamides is 1. The fourth-order valence-electron chi connectivity index (χ4n) is 1.87. The van der Waals surface area contributed by atoms with E-state index in [1.54, 1.807) is 0 Å². The van der Waals surface area contributed by atoms with Crippen LogP contribution in [0.1, 0.15) is 0 Å². The number of carbonyl (C=O) groups excluding carboxylic acids is 1. The third-order valence-electron chi connectivity index (χ3n) is 2.95. The van der Waals surface area contributed by atoms with Crippen molar-refractivity contribution >= 4 is 22.0 Å². The van der Waals surface area contributed by atoms with Gasteiger partial charge in [-0.15, -0.1) is 4.98 Å². The van der Waals surface area contributed by atoms with Crippen LogP contribution in [0.15, 0.2) is 29.2 Å². The van der Waals surface area contributed by atoms with Gasteiger partial charge in [0.2, 0.25) is 5.95 Å². The Balaban J connectivity index is 2.18. The van der Waals surface area contributed by atoms with E-state index in [1.165, 1.54) is 16.9 Å². The largest absolute Gasteiger partial charge is 0.467 e. The summed E-state index contributed by atoms with van der Waals surface area (Å²) in [5.74, 6) is -1.46.